The molecule has 3 fully saturated rings. The minimum absolute atomic E-state index is 0.0244. The molecule has 0 radical (unpaired) electrons. The minimum atomic E-state index is -4.75. The molecule has 2 aliphatic heterocycles. The molecule has 4 amide bonds. The standard InChI is InChI=1S/C40H29Cl2F3N4O5/c1-2-20-3-11-25(12-4-20)48-35(51)28-16-15-27-29(32(28)37(48)53)18-30-36(52)49(47-34-31(42)17-23(19-46-34)40(43,44)45)38(54)39(30,22-7-9-24(41)10-8-22)33(27)21-5-13-26(50)14-6-21/h2-15,17,19,28-30,32-33,50H,1,16,18H2,(H,46,47). The third kappa shape index (κ3) is 5.33. The van der Waals surface area contributed by atoms with Crippen LogP contribution in [0.5, 0.6) is 5.75 Å². The van der Waals surface area contributed by atoms with Crippen molar-refractivity contribution in [2.24, 2.45) is 23.7 Å². The Morgan fingerprint density at radius 2 is 1.59 bits per heavy atom. The lowest BCUT2D eigenvalue weighted by atomic mass is 9.49. The second-order valence-electron chi connectivity index (χ2n) is 13.8. The number of anilines is 2. The average molecular weight is 774 g/mol. The van der Waals surface area contributed by atoms with E-state index in [0.717, 1.165) is 10.6 Å². The van der Waals surface area contributed by atoms with Crippen LogP contribution in [0, 0.1) is 23.7 Å². The van der Waals surface area contributed by atoms with Crippen molar-refractivity contribution in [2.45, 2.75) is 30.4 Å². The Bertz CT molecular complexity index is 2280. The second kappa shape index (κ2) is 12.8. The molecule has 2 saturated heterocycles. The van der Waals surface area contributed by atoms with Gasteiger partial charge in [0, 0.05) is 17.1 Å². The number of phenols is 1. The number of hydrogen-bond donors (Lipinski definition) is 2. The number of alkyl halides is 3. The van der Waals surface area contributed by atoms with Crippen molar-refractivity contribution in [3.63, 3.8) is 0 Å². The smallest absolute Gasteiger partial charge is 0.417 e. The molecule has 4 aliphatic rings. The molecule has 9 nitrogen and oxygen atoms in total. The summed E-state index contributed by atoms with van der Waals surface area (Å²) in [6.45, 7) is 3.76. The SMILES string of the molecule is C=Cc1ccc(N2C(=O)C3CC=C4C(CC5C(=O)N(Nc6ncc(C(F)(F)F)cc6Cl)C(=O)C5(c5ccc(Cl)cc5)C4c4ccc(O)cc4)C3C2=O)cc1. The molecule has 8 rings (SSSR count). The third-order valence-electron chi connectivity index (χ3n) is 11.2. The molecule has 0 spiro atoms. The van der Waals surface area contributed by atoms with Crippen molar-refractivity contribution in [3.05, 3.63) is 136 Å². The molecule has 6 atom stereocenters. The lowest BCUT2D eigenvalue weighted by Gasteiger charge is -2.50. The number of hydrogen-bond acceptors (Lipinski definition) is 7. The Kier molecular flexibility index (Phi) is 8.46. The maximum Gasteiger partial charge on any atom is 0.417 e. The largest absolute Gasteiger partial charge is 0.508 e. The van der Waals surface area contributed by atoms with E-state index < -0.39 is 69.5 Å². The Morgan fingerprint density at radius 1 is 0.907 bits per heavy atom. The number of aromatic hydroxyl groups is 1. The number of halogens is 5. The first-order valence-electron chi connectivity index (χ1n) is 17.0. The average Bonchev–Trinajstić information content (AvgIpc) is 3.53. The monoisotopic (exact) mass is 772 g/mol. The highest BCUT2D eigenvalue weighted by Crippen LogP contribution is 2.64. The molecule has 2 aliphatic carbocycles. The van der Waals surface area contributed by atoms with E-state index in [1.807, 2.05) is 6.08 Å². The van der Waals surface area contributed by atoms with E-state index in [0.29, 0.717) is 39.7 Å². The van der Waals surface area contributed by atoms with Gasteiger partial charge in [0.15, 0.2) is 5.82 Å². The van der Waals surface area contributed by atoms with Crippen molar-refractivity contribution in [2.75, 3.05) is 10.3 Å². The molecule has 3 heterocycles. The summed E-state index contributed by atoms with van der Waals surface area (Å²) in [6, 6.07) is 20.1. The molecule has 3 aromatic carbocycles. The van der Waals surface area contributed by atoms with Crippen molar-refractivity contribution in [1.29, 1.82) is 0 Å². The topological polar surface area (TPSA) is 120 Å². The fourth-order valence-corrected chi connectivity index (χ4v) is 9.17. The van der Waals surface area contributed by atoms with Gasteiger partial charge in [0.05, 0.1) is 39.4 Å². The highest BCUT2D eigenvalue weighted by Gasteiger charge is 2.70. The fraction of sp³-hybridized carbons (Fsp3) is 0.225. The van der Waals surface area contributed by atoms with E-state index in [1.54, 1.807) is 66.7 Å². The second-order valence-corrected chi connectivity index (χ2v) is 14.7. The van der Waals surface area contributed by atoms with E-state index in [1.165, 1.54) is 17.0 Å². The summed E-state index contributed by atoms with van der Waals surface area (Å²) in [5.74, 6) is -7.01. The van der Waals surface area contributed by atoms with Crippen LogP contribution in [0.2, 0.25) is 10.0 Å². The molecule has 1 saturated carbocycles. The van der Waals surface area contributed by atoms with Crippen LogP contribution < -0.4 is 10.3 Å². The van der Waals surface area contributed by atoms with Gasteiger partial charge in [-0.15, -0.1) is 0 Å². The maximum absolute atomic E-state index is 15.2. The summed E-state index contributed by atoms with van der Waals surface area (Å²) in [7, 11) is 0. The zero-order valence-electron chi connectivity index (χ0n) is 28.1. The fourth-order valence-electron chi connectivity index (χ4n) is 8.84. The summed E-state index contributed by atoms with van der Waals surface area (Å²) in [5, 5.41) is 10.9. The number of nitrogens with zero attached hydrogens (tertiary/aromatic N) is 3. The highest BCUT2D eigenvalue weighted by atomic mass is 35.5. The Morgan fingerprint density at radius 3 is 2.22 bits per heavy atom. The number of benzene rings is 3. The van der Waals surface area contributed by atoms with Gasteiger partial charge in [0.2, 0.25) is 11.8 Å². The lowest BCUT2D eigenvalue weighted by molar-refractivity contribution is -0.139. The lowest BCUT2D eigenvalue weighted by Crippen LogP contribution is -2.53. The van der Waals surface area contributed by atoms with Gasteiger partial charge < -0.3 is 5.11 Å². The number of pyridine rings is 1. The van der Waals surface area contributed by atoms with Crippen LogP contribution in [-0.4, -0.2) is 38.7 Å². The molecule has 6 unspecified atom stereocenters. The van der Waals surface area contributed by atoms with Crippen LogP contribution in [0.3, 0.4) is 0 Å². The van der Waals surface area contributed by atoms with Crippen molar-refractivity contribution >= 4 is 64.4 Å². The van der Waals surface area contributed by atoms with Crippen molar-refractivity contribution in [1.82, 2.24) is 9.99 Å². The summed E-state index contributed by atoms with van der Waals surface area (Å²) in [6.07, 6.45) is -0.512. The van der Waals surface area contributed by atoms with Gasteiger partial charge in [0.25, 0.3) is 11.8 Å². The molecular formula is C40H29Cl2F3N4O5. The van der Waals surface area contributed by atoms with E-state index in [2.05, 4.69) is 17.0 Å². The zero-order chi connectivity index (χ0) is 38.3. The summed E-state index contributed by atoms with van der Waals surface area (Å²) in [5.41, 5.74) is 2.64. The number of imide groups is 2. The van der Waals surface area contributed by atoms with Gasteiger partial charge in [-0.3, -0.25) is 29.5 Å². The van der Waals surface area contributed by atoms with Crippen LogP contribution in [0.25, 0.3) is 6.08 Å². The molecule has 54 heavy (non-hydrogen) atoms. The number of amides is 4. The van der Waals surface area contributed by atoms with E-state index in [-0.39, 0.29) is 30.3 Å². The summed E-state index contributed by atoms with van der Waals surface area (Å²) in [4.78, 5) is 63.4. The number of hydrazine groups is 1. The van der Waals surface area contributed by atoms with E-state index >= 15 is 4.79 Å². The van der Waals surface area contributed by atoms with E-state index in [4.69, 9.17) is 23.2 Å². The number of allylic oxidation sites excluding steroid dienone is 2. The van der Waals surface area contributed by atoms with Gasteiger partial charge in [-0.05, 0) is 77.9 Å². The number of fused-ring (bicyclic) bond motifs is 4. The van der Waals surface area contributed by atoms with Gasteiger partial charge in [-0.2, -0.15) is 18.2 Å². The predicted molar refractivity (Wildman–Crippen MR) is 194 cm³/mol. The highest BCUT2D eigenvalue weighted by molar-refractivity contribution is 6.33. The maximum atomic E-state index is 15.2. The molecule has 2 N–H and O–H groups in total. The molecule has 0 bridgehead atoms. The Hall–Kier alpha value is -5.46. The van der Waals surface area contributed by atoms with Gasteiger partial charge in [0.1, 0.15) is 5.75 Å². The normalized spacial score (nSPS) is 26.3. The predicted octanol–water partition coefficient (Wildman–Crippen LogP) is 7.95. The molecule has 1 aromatic heterocycles. The first-order valence-corrected chi connectivity index (χ1v) is 17.7. The summed E-state index contributed by atoms with van der Waals surface area (Å²) >= 11 is 12.6. The number of phenolic OH excluding ortho intramolecular Hbond substituents is 1. The molecule has 274 valence electrons. The van der Waals surface area contributed by atoms with Gasteiger partial charge in [-0.1, -0.05) is 83.9 Å². The third-order valence-corrected chi connectivity index (χ3v) is 11.7. The van der Waals surface area contributed by atoms with E-state index in [9.17, 15) is 32.7 Å². The van der Waals surface area contributed by atoms with Crippen LogP contribution in [0.4, 0.5) is 24.7 Å². The van der Waals surface area contributed by atoms with Crippen LogP contribution >= 0.6 is 23.2 Å². The number of carbonyl (C=O) groups excluding carboxylic acids is 4. The molecule has 14 heteroatoms. The molecular weight excluding hydrogens is 744 g/mol. The first kappa shape index (κ1) is 35.6. The number of aromatic nitrogens is 1. The zero-order valence-corrected chi connectivity index (χ0v) is 29.6. The summed E-state index contributed by atoms with van der Waals surface area (Å²) < 4.78 is 40.3. The number of carbonyl (C=O) groups is 4. The first-order chi connectivity index (χ1) is 25.7. The van der Waals surface area contributed by atoms with Crippen LogP contribution in [0.15, 0.2) is 103 Å². The Balaban J connectivity index is 1.29. The number of rotatable bonds is 6. The van der Waals surface area contributed by atoms with Gasteiger partial charge >= 0.3 is 6.18 Å². The number of nitrogens with one attached hydrogen (secondary N) is 1. The minimum Gasteiger partial charge on any atom is -0.508 e. The quantitative estimate of drug-likeness (QED) is 0.151. The molecule has 4 aromatic rings. The van der Waals surface area contributed by atoms with Crippen molar-refractivity contribution in [3.8, 4) is 5.75 Å². The van der Waals surface area contributed by atoms with Gasteiger partial charge in [-0.25, -0.2) is 4.98 Å². The van der Waals surface area contributed by atoms with Crippen molar-refractivity contribution < 1.29 is 37.5 Å². The van der Waals surface area contributed by atoms with Crippen LogP contribution in [-0.2, 0) is 30.8 Å². The van der Waals surface area contributed by atoms with Crippen LogP contribution in [0.1, 0.15) is 41.0 Å². The Labute approximate surface area is 316 Å².